The van der Waals surface area contributed by atoms with Crippen molar-refractivity contribution < 1.29 is 9.59 Å². The van der Waals surface area contributed by atoms with Crippen LogP contribution in [-0.4, -0.2) is 50.6 Å². The molecule has 2 fully saturated rings. The predicted octanol–water partition coefficient (Wildman–Crippen LogP) is 1.14. The molecule has 0 spiro atoms. The molecular formula is C16H25N5O2. The largest absolute Gasteiger partial charge is 0.344 e. The van der Waals surface area contributed by atoms with Gasteiger partial charge in [0.2, 0.25) is 11.8 Å². The van der Waals surface area contributed by atoms with Gasteiger partial charge in [0.15, 0.2) is 0 Å². The van der Waals surface area contributed by atoms with Crippen molar-refractivity contribution in [3.8, 4) is 0 Å². The molecule has 126 valence electrons. The number of nitrogens with zero attached hydrogens (tertiary/aromatic N) is 4. The molecule has 7 heteroatoms. The second kappa shape index (κ2) is 7.10. The number of hydrogen-bond donors (Lipinski definition) is 1. The van der Waals surface area contributed by atoms with Crippen LogP contribution >= 0.6 is 0 Å². The number of carbonyl (C=O) groups is 2. The molecule has 0 radical (unpaired) electrons. The van der Waals surface area contributed by atoms with Crippen LogP contribution in [0.15, 0.2) is 12.7 Å². The molecule has 1 aromatic rings. The fourth-order valence-electron chi connectivity index (χ4n) is 3.86. The van der Waals surface area contributed by atoms with Gasteiger partial charge in [0.05, 0.1) is 6.04 Å². The Morgan fingerprint density at radius 1 is 1.22 bits per heavy atom. The van der Waals surface area contributed by atoms with E-state index >= 15 is 0 Å². The van der Waals surface area contributed by atoms with Gasteiger partial charge in [0, 0.05) is 20.0 Å². The van der Waals surface area contributed by atoms with Gasteiger partial charge in [-0.25, -0.2) is 9.67 Å². The van der Waals surface area contributed by atoms with Gasteiger partial charge >= 0.3 is 0 Å². The van der Waals surface area contributed by atoms with Crippen molar-refractivity contribution >= 4 is 11.8 Å². The van der Waals surface area contributed by atoms with Crippen LogP contribution in [0.2, 0.25) is 0 Å². The predicted molar refractivity (Wildman–Crippen MR) is 84.4 cm³/mol. The van der Waals surface area contributed by atoms with E-state index in [1.165, 1.54) is 13.3 Å². The Morgan fingerprint density at radius 2 is 2.00 bits per heavy atom. The first-order valence-electron chi connectivity index (χ1n) is 8.55. The third kappa shape index (κ3) is 3.71. The van der Waals surface area contributed by atoms with E-state index < -0.39 is 0 Å². The van der Waals surface area contributed by atoms with Crippen molar-refractivity contribution in [2.75, 3.05) is 13.1 Å². The molecule has 1 saturated carbocycles. The number of hydrogen-bond acceptors (Lipinski definition) is 4. The maximum atomic E-state index is 13.0. The van der Waals surface area contributed by atoms with E-state index in [0.717, 1.165) is 45.1 Å². The zero-order valence-corrected chi connectivity index (χ0v) is 13.6. The highest BCUT2D eigenvalue weighted by atomic mass is 16.2. The molecule has 1 N–H and O–H groups in total. The molecule has 1 aliphatic heterocycles. The van der Waals surface area contributed by atoms with Crippen LogP contribution in [0.1, 0.15) is 51.5 Å². The third-order valence-corrected chi connectivity index (χ3v) is 5.01. The van der Waals surface area contributed by atoms with E-state index in [1.807, 2.05) is 9.58 Å². The maximum absolute atomic E-state index is 13.0. The molecule has 2 heterocycles. The van der Waals surface area contributed by atoms with Gasteiger partial charge in [-0.15, -0.1) is 0 Å². The topological polar surface area (TPSA) is 80.1 Å². The molecule has 2 amide bonds. The highest BCUT2D eigenvalue weighted by Crippen LogP contribution is 2.30. The van der Waals surface area contributed by atoms with Crippen molar-refractivity contribution in [3.63, 3.8) is 0 Å². The summed E-state index contributed by atoms with van der Waals surface area (Å²) in [5, 5.41) is 7.11. The monoisotopic (exact) mass is 319 g/mol. The first-order chi connectivity index (χ1) is 11.1. The van der Waals surface area contributed by atoms with Crippen LogP contribution in [0, 0.1) is 5.92 Å². The second-order valence-electron chi connectivity index (χ2n) is 6.68. The zero-order valence-electron chi connectivity index (χ0n) is 13.6. The SMILES string of the molecule is CC(=O)NC(C(=O)N1CCCC(n2cncn2)C1)C1CCCC1. The van der Waals surface area contributed by atoms with Crippen LogP contribution in [-0.2, 0) is 9.59 Å². The van der Waals surface area contributed by atoms with E-state index in [1.54, 1.807) is 6.33 Å². The molecule has 1 aliphatic carbocycles. The van der Waals surface area contributed by atoms with Gasteiger partial charge in [-0.05, 0) is 31.6 Å². The average molecular weight is 319 g/mol. The Bertz CT molecular complexity index is 539. The molecular weight excluding hydrogens is 294 g/mol. The summed E-state index contributed by atoms with van der Waals surface area (Å²) in [5.74, 6) is 0.218. The van der Waals surface area contributed by atoms with Crippen molar-refractivity contribution in [3.05, 3.63) is 12.7 Å². The second-order valence-corrected chi connectivity index (χ2v) is 6.68. The van der Waals surface area contributed by atoms with E-state index in [4.69, 9.17) is 0 Å². The number of aromatic nitrogens is 3. The van der Waals surface area contributed by atoms with Gasteiger partial charge in [-0.2, -0.15) is 5.10 Å². The highest BCUT2D eigenvalue weighted by Gasteiger charge is 2.36. The molecule has 23 heavy (non-hydrogen) atoms. The molecule has 2 unspecified atom stereocenters. The molecule has 2 atom stereocenters. The highest BCUT2D eigenvalue weighted by molar-refractivity contribution is 5.87. The van der Waals surface area contributed by atoms with E-state index in [0.29, 0.717) is 6.54 Å². The number of amides is 2. The molecule has 2 aliphatic rings. The minimum absolute atomic E-state index is 0.0666. The van der Waals surface area contributed by atoms with Crippen molar-refractivity contribution in [2.24, 2.45) is 5.92 Å². The number of rotatable bonds is 4. The number of piperidine rings is 1. The molecule has 0 bridgehead atoms. The van der Waals surface area contributed by atoms with Crippen molar-refractivity contribution in [1.82, 2.24) is 25.0 Å². The molecule has 3 rings (SSSR count). The van der Waals surface area contributed by atoms with Crippen molar-refractivity contribution in [2.45, 2.75) is 57.5 Å². The molecule has 7 nitrogen and oxygen atoms in total. The quantitative estimate of drug-likeness (QED) is 0.902. The summed E-state index contributed by atoms with van der Waals surface area (Å²) in [6.07, 6.45) is 9.54. The molecule has 1 aromatic heterocycles. The third-order valence-electron chi connectivity index (χ3n) is 5.01. The Labute approximate surface area is 136 Å². The first-order valence-corrected chi connectivity index (χ1v) is 8.55. The van der Waals surface area contributed by atoms with Crippen LogP contribution < -0.4 is 5.32 Å². The van der Waals surface area contributed by atoms with Crippen LogP contribution in [0.25, 0.3) is 0 Å². The Hall–Kier alpha value is -1.92. The lowest BCUT2D eigenvalue weighted by Crippen LogP contribution is -2.53. The lowest BCUT2D eigenvalue weighted by atomic mass is 9.95. The average Bonchev–Trinajstić information content (AvgIpc) is 3.25. The summed E-state index contributed by atoms with van der Waals surface area (Å²) in [4.78, 5) is 30.4. The zero-order chi connectivity index (χ0) is 16.2. The fraction of sp³-hybridized carbons (Fsp3) is 0.750. The minimum Gasteiger partial charge on any atom is -0.344 e. The van der Waals surface area contributed by atoms with Crippen LogP contribution in [0.3, 0.4) is 0 Å². The molecule has 1 saturated heterocycles. The normalized spacial score (nSPS) is 23.7. The lowest BCUT2D eigenvalue weighted by molar-refractivity contribution is -0.139. The standard InChI is InChI=1S/C16H25N5O2/c1-12(22)19-15(13-5-2-3-6-13)16(23)20-8-4-7-14(9-20)21-11-17-10-18-21/h10-11,13-15H,2-9H2,1H3,(H,19,22). The van der Waals surface area contributed by atoms with Gasteiger partial charge in [-0.1, -0.05) is 12.8 Å². The summed E-state index contributed by atoms with van der Waals surface area (Å²) in [7, 11) is 0. The summed E-state index contributed by atoms with van der Waals surface area (Å²) in [6.45, 7) is 2.89. The minimum atomic E-state index is -0.371. The maximum Gasteiger partial charge on any atom is 0.245 e. The van der Waals surface area contributed by atoms with Crippen LogP contribution in [0.5, 0.6) is 0 Å². The molecule has 0 aromatic carbocycles. The summed E-state index contributed by atoms with van der Waals surface area (Å²) in [6, 6.07) is -0.193. The Morgan fingerprint density at radius 3 is 2.65 bits per heavy atom. The summed E-state index contributed by atoms with van der Waals surface area (Å²) >= 11 is 0. The number of nitrogens with one attached hydrogen (secondary N) is 1. The number of carbonyl (C=O) groups excluding carboxylic acids is 2. The fourth-order valence-corrected chi connectivity index (χ4v) is 3.86. The smallest absolute Gasteiger partial charge is 0.245 e. The Kier molecular flexibility index (Phi) is 4.93. The van der Waals surface area contributed by atoms with E-state index in [2.05, 4.69) is 15.4 Å². The van der Waals surface area contributed by atoms with Gasteiger partial charge in [0.25, 0.3) is 0 Å². The first kappa shape index (κ1) is 16.0. The number of likely N-dealkylation sites (tertiary alicyclic amines) is 1. The van der Waals surface area contributed by atoms with Crippen molar-refractivity contribution in [1.29, 1.82) is 0 Å². The summed E-state index contributed by atoms with van der Waals surface area (Å²) in [5.41, 5.74) is 0. The van der Waals surface area contributed by atoms with Gasteiger partial charge in [-0.3, -0.25) is 9.59 Å². The van der Waals surface area contributed by atoms with E-state index in [9.17, 15) is 9.59 Å². The van der Waals surface area contributed by atoms with Gasteiger partial charge in [0.1, 0.15) is 18.7 Å². The van der Waals surface area contributed by atoms with E-state index in [-0.39, 0.29) is 29.8 Å². The summed E-state index contributed by atoms with van der Waals surface area (Å²) < 4.78 is 1.84. The van der Waals surface area contributed by atoms with Crippen LogP contribution in [0.4, 0.5) is 0 Å². The Balaban J connectivity index is 1.69. The van der Waals surface area contributed by atoms with Gasteiger partial charge < -0.3 is 10.2 Å². The lowest BCUT2D eigenvalue weighted by Gasteiger charge is -2.36.